The molecule has 0 saturated heterocycles. The first-order chi connectivity index (χ1) is 12.5. The minimum absolute atomic E-state index is 0.153. The van der Waals surface area contributed by atoms with E-state index >= 15 is 0 Å². The number of aromatic nitrogens is 2. The van der Waals surface area contributed by atoms with Crippen LogP contribution in [-0.4, -0.2) is 33.8 Å². The van der Waals surface area contributed by atoms with Gasteiger partial charge in [-0.25, -0.2) is 4.98 Å². The molecule has 2 aromatic heterocycles. The van der Waals surface area contributed by atoms with E-state index in [9.17, 15) is 10.4 Å². The Morgan fingerprint density at radius 3 is 2.96 bits per heavy atom. The van der Waals surface area contributed by atoms with Crippen molar-refractivity contribution in [1.29, 1.82) is 5.26 Å². The van der Waals surface area contributed by atoms with E-state index in [1.54, 1.807) is 6.26 Å². The first kappa shape index (κ1) is 18.2. The number of rotatable bonds is 6. The zero-order chi connectivity index (χ0) is 18.6. The fourth-order valence-electron chi connectivity index (χ4n) is 3.35. The van der Waals surface area contributed by atoms with Gasteiger partial charge in [-0.15, -0.1) is 0 Å². The summed E-state index contributed by atoms with van der Waals surface area (Å²) in [6.07, 6.45) is 6.04. The highest BCUT2D eigenvalue weighted by atomic mass is 16.3. The van der Waals surface area contributed by atoms with Crippen molar-refractivity contribution in [2.75, 3.05) is 17.2 Å². The summed E-state index contributed by atoms with van der Waals surface area (Å²) < 4.78 is 5.30. The van der Waals surface area contributed by atoms with Crippen molar-refractivity contribution in [2.24, 2.45) is 5.41 Å². The molecule has 3 rings (SSSR count). The van der Waals surface area contributed by atoms with Crippen molar-refractivity contribution < 1.29 is 9.52 Å². The molecule has 1 saturated carbocycles. The predicted molar refractivity (Wildman–Crippen MR) is 98.7 cm³/mol. The van der Waals surface area contributed by atoms with Gasteiger partial charge in [0.25, 0.3) is 0 Å². The predicted octanol–water partition coefficient (Wildman–Crippen LogP) is 2.95. The van der Waals surface area contributed by atoms with Gasteiger partial charge in [0.1, 0.15) is 23.2 Å². The summed E-state index contributed by atoms with van der Waals surface area (Å²) in [5.41, 5.74) is 0.269. The number of nitrogens with one attached hydrogen (secondary N) is 2. The lowest BCUT2D eigenvalue weighted by Crippen LogP contribution is -2.41. The normalized spacial score (nSPS) is 21.8. The molecule has 0 aliphatic heterocycles. The molecule has 0 bridgehead atoms. The van der Waals surface area contributed by atoms with E-state index in [1.807, 2.05) is 12.1 Å². The molecule has 7 heteroatoms. The summed E-state index contributed by atoms with van der Waals surface area (Å²) in [4.78, 5) is 8.68. The summed E-state index contributed by atoms with van der Waals surface area (Å²) in [6.45, 7) is 4.78. The first-order valence-electron chi connectivity index (χ1n) is 8.96. The number of anilines is 2. The van der Waals surface area contributed by atoms with Crippen molar-refractivity contribution in [3.8, 4) is 6.07 Å². The van der Waals surface area contributed by atoms with Gasteiger partial charge in [0.2, 0.25) is 5.95 Å². The molecule has 0 spiro atoms. The number of hydrogen-bond donors (Lipinski definition) is 3. The van der Waals surface area contributed by atoms with E-state index in [-0.39, 0.29) is 17.6 Å². The maximum Gasteiger partial charge on any atom is 0.224 e. The van der Waals surface area contributed by atoms with Crippen molar-refractivity contribution in [3.05, 3.63) is 35.9 Å². The van der Waals surface area contributed by atoms with Crippen LogP contribution in [0, 0.1) is 16.7 Å². The second kappa shape index (κ2) is 7.75. The highest BCUT2D eigenvalue weighted by molar-refractivity contribution is 5.54. The van der Waals surface area contributed by atoms with Crippen LogP contribution in [0.4, 0.5) is 11.8 Å². The summed E-state index contributed by atoms with van der Waals surface area (Å²) in [5, 5.41) is 26.0. The highest BCUT2D eigenvalue weighted by Gasteiger charge is 2.35. The third-order valence-corrected chi connectivity index (χ3v) is 4.95. The molecule has 3 N–H and O–H groups in total. The second-order valence-electron chi connectivity index (χ2n) is 7.45. The summed E-state index contributed by atoms with van der Waals surface area (Å²) in [5.74, 6) is 1.92. The number of aliphatic hydroxyl groups is 1. The van der Waals surface area contributed by atoms with E-state index in [1.165, 1.54) is 6.20 Å². The number of aliphatic hydroxyl groups excluding tert-OH is 1. The van der Waals surface area contributed by atoms with E-state index in [2.05, 4.69) is 40.5 Å². The topological polar surface area (TPSA) is 107 Å². The maximum atomic E-state index is 10.1. The molecule has 0 unspecified atom stereocenters. The fourth-order valence-corrected chi connectivity index (χ4v) is 3.35. The van der Waals surface area contributed by atoms with Gasteiger partial charge in [-0.05, 0) is 36.8 Å². The van der Waals surface area contributed by atoms with Crippen molar-refractivity contribution in [2.45, 2.75) is 51.7 Å². The Bertz CT molecular complexity index is 767. The third kappa shape index (κ3) is 4.33. The molecule has 2 aromatic rings. The van der Waals surface area contributed by atoms with E-state index in [0.29, 0.717) is 23.9 Å². The monoisotopic (exact) mass is 355 g/mol. The molecular formula is C19H25N5O2. The number of nitriles is 1. The van der Waals surface area contributed by atoms with Crippen LogP contribution < -0.4 is 10.6 Å². The van der Waals surface area contributed by atoms with Gasteiger partial charge in [-0.3, -0.25) is 0 Å². The molecule has 1 aliphatic carbocycles. The van der Waals surface area contributed by atoms with E-state index < -0.39 is 0 Å². The largest absolute Gasteiger partial charge is 0.469 e. The molecule has 0 aromatic carbocycles. The number of hydrogen-bond acceptors (Lipinski definition) is 7. The van der Waals surface area contributed by atoms with Crippen LogP contribution >= 0.6 is 0 Å². The smallest absolute Gasteiger partial charge is 0.224 e. The number of furan rings is 1. The molecule has 7 nitrogen and oxygen atoms in total. The molecule has 26 heavy (non-hydrogen) atoms. The third-order valence-electron chi connectivity index (χ3n) is 4.95. The lowest BCUT2D eigenvalue weighted by Gasteiger charge is -2.40. The minimum atomic E-state index is -0.291. The Labute approximate surface area is 153 Å². The zero-order valence-electron chi connectivity index (χ0n) is 15.2. The van der Waals surface area contributed by atoms with Gasteiger partial charge >= 0.3 is 0 Å². The summed E-state index contributed by atoms with van der Waals surface area (Å²) >= 11 is 0. The van der Waals surface area contributed by atoms with Crippen LogP contribution in [0.2, 0.25) is 0 Å². The van der Waals surface area contributed by atoms with E-state index in [0.717, 1.165) is 31.4 Å². The maximum absolute atomic E-state index is 10.1. The van der Waals surface area contributed by atoms with Crippen molar-refractivity contribution in [3.63, 3.8) is 0 Å². The lowest BCUT2D eigenvalue weighted by atomic mass is 9.73. The number of nitrogens with zero attached hydrogens (tertiary/aromatic N) is 3. The average Bonchev–Trinajstić information content (AvgIpc) is 3.12. The zero-order valence-corrected chi connectivity index (χ0v) is 15.2. The standard InChI is InChI=1S/C19H25N5O2/c1-19(2)10-14(5-6-16(19)25)23-17-13(11-20)12-22-18(24-17)21-8-7-15-4-3-9-26-15/h3-4,9,12,14,16,25H,5-8,10H2,1-2H3,(H2,21,22,23,24)/t14-,16+/m1/s1. The molecule has 0 amide bonds. The van der Waals surface area contributed by atoms with Crippen molar-refractivity contribution in [1.82, 2.24) is 9.97 Å². The Morgan fingerprint density at radius 1 is 1.42 bits per heavy atom. The molecule has 1 fully saturated rings. The molecule has 1 aliphatic rings. The lowest BCUT2D eigenvalue weighted by molar-refractivity contribution is 0.00926. The average molecular weight is 355 g/mol. The van der Waals surface area contributed by atoms with Crippen molar-refractivity contribution >= 4 is 11.8 Å². The van der Waals surface area contributed by atoms with Crippen LogP contribution in [-0.2, 0) is 6.42 Å². The molecule has 0 radical (unpaired) electrons. The Kier molecular flexibility index (Phi) is 5.43. The Balaban J connectivity index is 1.65. The SMILES string of the molecule is CC1(C)C[C@H](Nc2nc(NCCc3ccco3)ncc2C#N)CC[C@@H]1O. The molecule has 2 heterocycles. The van der Waals surface area contributed by atoms with E-state index in [4.69, 9.17) is 4.42 Å². The second-order valence-corrected chi connectivity index (χ2v) is 7.45. The summed E-state index contributed by atoms with van der Waals surface area (Å²) in [7, 11) is 0. The Morgan fingerprint density at radius 2 is 2.27 bits per heavy atom. The summed E-state index contributed by atoms with van der Waals surface area (Å²) in [6, 6.07) is 6.10. The van der Waals surface area contributed by atoms with Gasteiger partial charge in [-0.1, -0.05) is 13.8 Å². The highest BCUT2D eigenvalue weighted by Crippen LogP contribution is 2.36. The molecular weight excluding hydrogens is 330 g/mol. The van der Waals surface area contributed by atoms with Crippen LogP contribution in [0.1, 0.15) is 44.4 Å². The van der Waals surface area contributed by atoms with Gasteiger partial charge < -0.3 is 20.2 Å². The Hall–Kier alpha value is -2.59. The first-order valence-corrected chi connectivity index (χ1v) is 8.96. The fraction of sp³-hybridized carbons (Fsp3) is 0.526. The molecule has 138 valence electrons. The van der Waals surface area contributed by atoms with Crippen LogP contribution in [0.25, 0.3) is 0 Å². The van der Waals surface area contributed by atoms with Gasteiger partial charge in [0, 0.05) is 19.0 Å². The van der Waals surface area contributed by atoms with Crippen LogP contribution in [0.5, 0.6) is 0 Å². The van der Waals surface area contributed by atoms with Crippen LogP contribution in [0.3, 0.4) is 0 Å². The molecule has 2 atom stereocenters. The van der Waals surface area contributed by atoms with Gasteiger partial charge in [-0.2, -0.15) is 10.2 Å². The minimum Gasteiger partial charge on any atom is -0.469 e. The van der Waals surface area contributed by atoms with Gasteiger partial charge in [0.05, 0.1) is 18.6 Å². The van der Waals surface area contributed by atoms with Crippen LogP contribution in [0.15, 0.2) is 29.0 Å². The quantitative estimate of drug-likeness (QED) is 0.731. The van der Waals surface area contributed by atoms with Gasteiger partial charge in [0.15, 0.2) is 0 Å².